The van der Waals surface area contributed by atoms with Gasteiger partial charge in [-0.1, -0.05) is 0 Å². The molecule has 0 saturated carbocycles. The molecule has 0 aliphatic carbocycles. The van der Waals surface area contributed by atoms with Crippen LogP contribution in [0, 0.1) is 0 Å². The zero-order valence-electron chi connectivity index (χ0n) is 7.22. The quantitative estimate of drug-likeness (QED) is 0.637. The summed E-state index contributed by atoms with van der Waals surface area (Å²) in [5, 5.41) is 0. The third-order valence-corrected chi connectivity index (χ3v) is 1.94. The maximum atomic E-state index is 10.3. The molecular weight excluding hydrogens is 166 g/mol. The molecule has 0 aliphatic heterocycles. The van der Waals surface area contributed by atoms with Crippen molar-refractivity contribution in [3.63, 3.8) is 0 Å². The first-order valence-corrected chi connectivity index (χ1v) is 4.15. The third-order valence-electron chi connectivity index (χ3n) is 1.94. The Balaban J connectivity index is 2.75. The zero-order valence-corrected chi connectivity index (χ0v) is 7.22. The number of rotatable bonds is 5. The molecule has 3 nitrogen and oxygen atoms in total. The Kier molecular flexibility index (Phi) is 3.82. The fourth-order valence-corrected chi connectivity index (χ4v) is 1.24. The topological polar surface area (TPSA) is 47.0 Å². The van der Waals surface area contributed by atoms with E-state index in [1.54, 1.807) is 12.4 Å². The summed E-state index contributed by atoms with van der Waals surface area (Å²) in [5.41, 5.74) is 0.995. The average molecular weight is 177 g/mol. The van der Waals surface area contributed by atoms with E-state index < -0.39 is 0 Å². The van der Waals surface area contributed by atoms with Crippen molar-refractivity contribution in [2.24, 2.45) is 0 Å². The van der Waals surface area contributed by atoms with Gasteiger partial charge in [-0.25, -0.2) is 0 Å². The van der Waals surface area contributed by atoms with Crippen LogP contribution in [0.4, 0.5) is 0 Å². The highest BCUT2D eigenvalue weighted by Gasteiger charge is 2.09. The van der Waals surface area contributed by atoms with Crippen LogP contribution in [0.25, 0.3) is 0 Å². The number of nitrogens with zero attached hydrogens (tertiary/aromatic N) is 1. The fourth-order valence-electron chi connectivity index (χ4n) is 1.24. The van der Waals surface area contributed by atoms with Gasteiger partial charge in [0.2, 0.25) is 0 Å². The minimum Gasteiger partial charge on any atom is -0.303 e. The highest BCUT2D eigenvalue weighted by molar-refractivity contribution is 5.56. The Hall–Kier alpha value is -1.51. The van der Waals surface area contributed by atoms with Gasteiger partial charge >= 0.3 is 0 Å². The molecule has 0 saturated heterocycles. The van der Waals surface area contributed by atoms with Crippen LogP contribution >= 0.6 is 0 Å². The van der Waals surface area contributed by atoms with Crippen LogP contribution in [0.2, 0.25) is 0 Å². The van der Waals surface area contributed by atoms with Crippen molar-refractivity contribution in [2.45, 2.75) is 18.8 Å². The molecule has 1 heterocycles. The lowest BCUT2D eigenvalue weighted by Gasteiger charge is -2.09. The van der Waals surface area contributed by atoms with E-state index in [-0.39, 0.29) is 5.92 Å². The van der Waals surface area contributed by atoms with Crippen molar-refractivity contribution >= 4 is 12.6 Å². The molecular formula is C10H11NO2. The summed E-state index contributed by atoms with van der Waals surface area (Å²) in [6, 6.07) is 3.66. The second-order valence-corrected chi connectivity index (χ2v) is 2.78. The van der Waals surface area contributed by atoms with Gasteiger partial charge in [-0.2, -0.15) is 0 Å². The Morgan fingerprint density at radius 3 is 2.15 bits per heavy atom. The maximum absolute atomic E-state index is 10.3. The summed E-state index contributed by atoms with van der Waals surface area (Å²) in [6.07, 6.45) is 5.80. The van der Waals surface area contributed by atoms with E-state index in [2.05, 4.69) is 4.98 Å². The lowest BCUT2D eigenvalue weighted by Crippen LogP contribution is -2.00. The predicted molar refractivity (Wildman–Crippen MR) is 48.3 cm³/mol. The van der Waals surface area contributed by atoms with Gasteiger partial charge in [-0.15, -0.1) is 0 Å². The van der Waals surface area contributed by atoms with Crippen LogP contribution in [0.15, 0.2) is 24.5 Å². The monoisotopic (exact) mass is 177 g/mol. The molecule has 0 N–H and O–H groups in total. The van der Waals surface area contributed by atoms with Crippen molar-refractivity contribution in [3.05, 3.63) is 30.1 Å². The predicted octanol–water partition coefficient (Wildman–Crippen LogP) is 1.34. The molecule has 0 aliphatic rings. The summed E-state index contributed by atoms with van der Waals surface area (Å²) in [6.45, 7) is 0. The van der Waals surface area contributed by atoms with E-state index in [0.717, 1.165) is 18.1 Å². The van der Waals surface area contributed by atoms with Gasteiger partial charge in [0, 0.05) is 25.2 Å². The number of hydrogen-bond acceptors (Lipinski definition) is 3. The molecule has 0 fully saturated rings. The zero-order chi connectivity index (χ0) is 9.52. The highest BCUT2D eigenvalue weighted by atomic mass is 16.1. The molecule has 1 aromatic rings. The maximum Gasteiger partial charge on any atom is 0.120 e. The Labute approximate surface area is 76.8 Å². The van der Waals surface area contributed by atoms with Crippen molar-refractivity contribution in [1.82, 2.24) is 4.98 Å². The molecule has 1 rings (SSSR count). The molecule has 0 amide bonds. The standard InChI is InChI=1S/C10H11NO2/c12-7-3-10(4-8-13)9-1-5-11-6-2-9/h1-2,5-8,10H,3-4H2. The molecule has 0 aromatic carbocycles. The molecule has 13 heavy (non-hydrogen) atoms. The van der Waals surface area contributed by atoms with Gasteiger partial charge in [-0.05, 0) is 23.6 Å². The van der Waals surface area contributed by atoms with E-state index in [1.165, 1.54) is 0 Å². The highest BCUT2D eigenvalue weighted by Crippen LogP contribution is 2.20. The molecule has 68 valence electrons. The smallest absolute Gasteiger partial charge is 0.120 e. The van der Waals surface area contributed by atoms with Crippen LogP contribution in [0.1, 0.15) is 24.3 Å². The third kappa shape index (κ3) is 2.78. The molecule has 0 bridgehead atoms. The summed E-state index contributed by atoms with van der Waals surface area (Å²) in [4.78, 5) is 24.5. The summed E-state index contributed by atoms with van der Waals surface area (Å²) < 4.78 is 0. The van der Waals surface area contributed by atoms with Gasteiger partial charge < -0.3 is 9.59 Å². The van der Waals surface area contributed by atoms with E-state index in [4.69, 9.17) is 0 Å². The van der Waals surface area contributed by atoms with Crippen LogP contribution in [0.3, 0.4) is 0 Å². The van der Waals surface area contributed by atoms with E-state index >= 15 is 0 Å². The van der Waals surface area contributed by atoms with Gasteiger partial charge in [0.1, 0.15) is 12.6 Å². The summed E-state index contributed by atoms with van der Waals surface area (Å²) >= 11 is 0. The first kappa shape index (κ1) is 9.58. The van der Waals surface area contributed by atoms with Gasteiger partial charge in [0.25, 0.3) is 0 Å². The van der Waals surface area contributed by atoms with Crippen molar-refractivity contribution in [1.29, 1.82) is 0 Å². The minimum atomic E-state index is 0.0120. The van der Waals surface area contributed by atoms with Crippen molar-refractivity contribution in [2.75, 3.05) is 0 Å². The molecule has 3 heteroatoms. The molecule has 1 aromatic heterocycles. The van der Waals surface area contributed by atoms with Crippen molar-refractivity contribution < 1.29 is 9.59 Å². The van der Waals surface area contributed by atoms with E-state index in [0.29, 0.717) is 12.8 Å². The average Bonchev–Trinajstić information content (AvgIpc) is 2.19. The Bertz CT molecular complexity index is 262. The number of aldehydes is 2. The fraction of sp³-hybridized carbons (Fsp3) is 0.300. The molecule has 0 atom stereocenters. The molecule has 0 unspecified atom stereocenters. The van der Waals surface area contributed by atoms with E-state index in [1.807, 2.05) is 12.1 Å². The number of hydrogen-bond donors (Lipinski definition) is 0. The number of pyridine rings is 1. The number of carbonyl (C=O) groups is 2. The number of carbonyl (C=O) groups excluding carboxylic acids is 2. The SMILES string of the molecule is O=CCC(CC=O)c1ccncc1. The van der Waals surface area contributed by atoms with Crippen LogP contribution in [-0.2, 0) is 9.59 Å². The Morgan fingerprint density at radius 1 is 1.15 bits per heavy atom. The normalized spacial score (nSPS) is 9.92. The second kappa shape index (κ2) is 5.19. The summed E-state index contributed by atoms with van der Waals surface area (Å²) in [5.74, 6) is 0.0120. The first-order valence-electron chi connectivity index (χ1n) is 4.15. The molecule has 0 spiro atoms. The largest absolute Gasteiger partial charge is 0.303 e. The van der Waals surface area contributed by atoms with E-state index in [9.17, 15) is 9.59 Å². The van der Waals surface area contributed by atoms with Crippen molar-refractivity contribution in [3.8, 4) is 0 Å². The lowest BCUT2D eigenvalue weighted by molar-refractivity contribution is -0.109. The lowest BCUT2D eigenvalue weighted by atomic mass is 9.95. The summed E-state index contributed by atoms with van der Waals surface area (Å²) in [7, 11) is 0. The van der Waals surface area contributed by atoms with Gasteiger partial charge in [-0.3, -0.25) is 4.98 Å². The second-order valence-electron chi connectivity index (χ2n) is 2.78. The van der Waals surface area contributed by atoms with Crippen LogP contribution in [0.5, 0.6) is 0 Å². The molecule has 0 radical (unpaired) electrons. The number of aromatic nitrogens is 1. The Morgan fingerprint density at radius 2 is 1.69 bits per heavy atom. The first-order chi connectivity index (χ1) is 6.38. The minimum absolute atomic E-state index is 0.0120. The van der Waals surface area contributed by atoms with Gasteiger partial charge in [0.05, 0.1) is 0 Å². The van der Waals surface area contributed by atoms with Gasteiger partial charge in [0.15, 0.2) is 0 Å². The van der Waals surface area contributed by atoms with Crippen LogP contribution in [-0.4, -0.2) is 17.6 Å². The van der Waals surface area contributed by atoms with Crippen LogP contribution < -0.4 is 0 Å².